The number of aromatic nitrogens is 4. The van der Waals surface area contributed by atoms with Gasteiger partial charge in [-0.3, -0.25) is 0 Å². The van der Waals surface area contributed by atoms with Gasteiger partial charge in [0.2, 0.25) is 0 Å². The topological polar surface area (TPSA) is 81.8 Å². The van der Waals surface area contributed by atoms with E-state index >= 15 is 0 Å². The number of nitrogen functional groups attached to an aromatic ring is 1. The smallest absolute Gasteiger partial charge is 0.173 e. The van der Waals surface area contributed by atoms with Crippen LogP contribution >= 0.6 is 0 Å². The number of nitrogens with zero attached hydrogens (tertiary/aromatic N) is 3. The second-order valence-corrected chi connectivity index (χ2v) is 5.63. The number of nitrogens with one attached hydrogen (secondary N) is 1. The third-order valence-electron chi connectivity index (χ3n) is 3.93. The number of aromatic amines is 1. The number of H-pyrrole nitrogens is 1. The van der Waals surface area contributed by atoms with E-state index in [1.807, 2.05) is 48.8 Å². The zero-order valence-electron chi connectivity index (χ0n) is 13.5. The van der Waals surface area contributed by atoms with Gasteiger partial charge in [0, 0.05) is 23.6 Å². The van der Waals surface area contributed by atoms with Crippen molar-refractivity contribution in [3.05, 3.63) is 78.6 Å². The maximum atomic E-state index is 5.90. The number of benzene rings is 2. The minimum absolute atomic E-state index is 0.373. The second kappa shape index (κ2) is 6.52. The quantitative estimate of drug-likeness (QED) is 0.587. The molecule has 0 spiro atoms. The molecular formula is C19H17N5O. The molecule has 6 heteroatoms. The van der Waals surface area contributed by atoms with Gasteiger partial charge in [-0.25, -0.2) is 0 Å². The molecule has 4 aromatic rings. The fourth-order valence-corrected chi connectivity index (χ4v) is 2.62. The predicted octanol–water partition coefficient (Wildman–Crippen LogP) is 3.42. The molecule has 124 valence electrons. The minimum Gasteiger partial charge on any atom is -0.489 e. The number of anilines is 1. The van der Waals surface area contributed by atoms with Crippen molar-refractivity contribution in [2.45, 2.75) is 6.61 Å². The molecule has 25 heavy (non-hydrogen) atoms. The summed E-state index contributed by atoms with van der Waals surface area (Å²) >= 11 is 0. The first-order chi connectivity index (χ1) is 12.3. The van der Waals surface area contributed by atoms with Crippen LogP contribution in [0.5, 0.6) is 5.75 Å². The van der Waals surface area contributed by atoms with Crippen LogP contribution in [-0.2, 0) is 6.61 Å². The van der Waals surface area contributed by atoms with Crippen molar-refractivity contribution in [3.63, 3.8) is 0 Å². The Morgan fingerprint density at radius 1 is 0.960 bits per heavy atom. The highest BCUT2D eigenvalue weighted by Gasteiger charge is 2.08. The molecule has 0 unspecified atom stereocenters. The lowest BCUT2D eigenvalue weighted by Crippen LogP contribution is -1.97. The molecule has 0 saturated heterocycles. The van der Waals surface area contributed by atoms with Gasteiger partial charge in [0.15, 0.2) is 5.82 Å². The van der Waals surface area contributed by atoms with Crippen molar-refractivity contribution in [3.8, 4) is 22.7 Å². The number of nitrogens with two attached hydrogens (primary N) is 1. The molecule has 0 amide bonds. The third-order valence-corrected chi connectivity index (χ3v) is 3.93. The van der Waals surface area contributed by atoms with E-state index in [2.05, 4.69) is 44.2 Å². The average molecular weight is 331 g/mol. The van der Waals surface area contributed by atoms with Crippen LogP contribution in [0.25, 0.3) is 16.9 Å². The Bertz CT molecular complexity index is 958. The summed E-state index contributed by atoms with van der Waals surface area (Å²) in [5.41, 5.74) is 9.51. The predicted molar refractivity (Wildman–Crippen MR) is 96.3 cm³/mol. The fourth-order valence-electron chi connectivity index (χ4n) is 2.62. The molecule has 0 aliphatic rings. The summed E-state index contributed by atoms with van der Waals surface area (Å²) < 4.78 is 7.96. The maximum Gasteiger partial charge on any atom is 0.173 e. The second-order valence-electron chi connectivity index (χ2n) is 5.63. The van der Waals surface area contributed by atoms with Crippen molar-refractivity contribution in [1.82, 2.24) is 20.0 Å². The first-order valence-corrected chi connectivity index (χ1v) is 7.91. The highest BCUT2D eigenvalue weighted by molar-refractivity contribution is 5.70. The SMILES string of the molecule is Nc1n[nH]nc1-c1cccc(OCc2ccc(-n3cccc3)cc2)c1. The van der Waals surface area contributed by atoms with Crippen molar-refractivity contribution in [2.24, 2.45) is 0 Å². The van der Waals surface area contributed by atoms with Crippen molar-refractivity contribution < 1.29 is 4.74 Å². The Hall–Kier alpha value is -3.54. The molecule has 0 bridgehead atoms. The van der Waals surface area contributed by atoms with Crippen LogP contribution in [0.2, 0.25) is 0 Å². The molecule has 4 rings (SSSR count). The van der Waals surface area contributed by atoms with E-state index in [4.69, 9.17) is 10.5 Å². The van der Waals surface area contributed by atoms with Gasteiger partial charge < -0.3 is 15.0 Å². The van der Waals surface area contributed by atoms with Gasteiger partial charge in [-0.2, -0.15) is 10.3 Å². The standard InChI is InChI=1S/C19H17N5O/c20-19-18(21-23-22-19)15-4-3-5-17(12-15)25-13-14-6-8-16(9-7-14)24-10-1-2-11-24/h1-12H,13H2,(H3,20,21,22,23). The van der Waals surface area contributed by atoms with Gasteiger partial charge in [-0.15, -0.1) is 5.10 Å². The van der Waals surface area contributed by atoms with E-state index < -0.39 is 0 Å². The molecular weight excluding hydrogens is 314 g/mol. The van der Waals surface area contributed by atoms with Gasteiger partial charge in [0.25, 0.3) is 0 Å². The molecule has 0 radical (unpaired) electrons. The van der Waals surface area contributed by atoms with Crippen LogP contribution in [-0.4, -0.2) is 20.0 Å². The summed E-state index contributed by atoms with van der Waals surface area (Å²) in [4.78, 5) is 0. The summed E-state index contributed by atoms with van der Waals surface area (Å²) in [5, 5.41) is 10.4. The first-order valence-electron chi connectivity index (χ1n) is 7.91. The van der Waals surface area contributed by atoms with Gasteiger partial charge >= 0.3 is 0 Å². The lowest BCUT2D eigenvalue weighted by Gasteiger charge is -2.09. The van der Waals surface area contributed by atoms with E-state index in [0.717, 1.165) is 22.6 Å². The number of rotatable bonds is 5. The summed E-state index contributed by atoms with van der Waals surface area (Å²) in [6.45, 7) is 0.490. The van der Waals surface area contributed by atoms with Crippen LogP contribution in [0.3, 0.4) is 0 Å². The zero-order chi connectivity index (χ0) is 17.1. The van der Waals surface area contributed by atoms with Gasteiger partial charge in [0.05, 0.1) is 0 Å². The van der Waals surface area contributed by atoms with Crippen LogP contribution in [0.15, 0.2) is 73.1 Å². The largest absolute Gasteiger partial charge is 0.489 e. The number of ether oxygens (including phenoxy) is 1. The first kappa shape index (κ1) is 15.0. The molecule has 0 saturated carbocycles. The molecule has 2 aromatic heterocycles. The number of hydrogen-bond donors (Lipinski definition) is 2. The Kier molecular flexibility index (Phi) is 3.92. The summed E-state index contributed by atoms with van der Waals surface area (Å²) in [7, 11) is 0. The van der Waals surface area contributed by atoms with Crippen LogP contribution in [0.1, 0.15) is 5.56 Å². The molecule has 2 aromatic carbocycles. The van der Waals surface area contributed by atoms with E-state index in [1.165, 1.54) is 0 Å². The Labute approximate surface area is 144 Å². The van der Waals surface area contributed by atoms with E-state index in [1.54, 1.807) is 0 Å². The fraction of sp³-hybridized carbons (Fsp3) is 0.0526. The molecule has 6 nitrogen and oxygen atoms in total. The number of hydrogen-bond acceptors (Lipinski definition) is 4. The normalized spacial score (nSPS) is 10.7. The van der Waals surface area contributed by atoms with Gasteiger partial charge in [0.1, 0.15) is 18.1 Å². The molecule has 0 aliphatic heterocycles. The van der Waals surface area contributed by atoms with Gasteiger partial charge in [-0.1, -0.05) is 24.3 Å². The monoisotopic (exact) mass is 331 g/mol. The van der Waals surface area contributed by atoms with Crippen LogP contribution < -0.4 is 10.5 Å². The van der Waals surface area contributed by atoms with Crippen molar-refractivity contribution in [2.75, 3.05) is 5.73 Å². The van der Waals surface area contributed by atoms with Crippen molar-refractivity contribution >= 4 is 5.82 Å². The molecule has 0 fully saturated rings. The van der Waals surface area contributed by atoms with Gasteiger partial charge in [-0.05, 0) is 42.0 Å². The molecule has 2 heterocycles. The van der Waals surface area contributed by atoms with Crippen LogP contribution in [0, 0.1) is 0 Å². The van der Waals surface area contributed by atoms with E-state index in [0.29, 0.717) is 18.1 Å². The average Bonchev–Trinajstić information content (AvgIpc) is 3.32. The third kappa shape index (κ3) is 3.23. The minimum atomic E-state index is 0.373. The maximum absolute atomic E-state index is 5.90. The Balaban J connectivity index is 1.46. The molecule has 3 N–H and O–H groups in total. The summed E-state index contributed by atoms with van der Waals surface area (Å²) in [6, 6.07) is 19.9. The van der Waals surface area contributed by atoms with E-state index in [-0.39, 0.29) is 0 Å². The Morgan fingerprint density at radius 3 is 2.48 bits per heavy atom. The summed E-state index contributed by atoms with van der Waals surface area (Å²) in [6.07, 6.45) is 4.04. The lowest BCUT2D eigenvalue weighted by atomic mass is 10.1. The molecule has 0 atom stereocenters. The zero-order valence-corrected chi connectivity index (χ0v) is 13.5. The Morgan fingerprint density at radius 2 is 1.76 bits per heavy atom. The summed E-state index contributed by atoms with van der Waals surface area (Å²) in [5.74, 6) is 1.13. The van der Waals surface area contributed by atoms with E-state index in [9.17, 15) is 0 Å². The molecule has 0 aliphatic carbocycles. The highest BCUT2D eigenvalue weighted by atomic mass is 16.5. The highest BCUT2D eigenvalue weighted by Crippen LogP contribution is 2.25. The lowest BCUT2D eigenvalue weighted by molar-refractivity contribution is 0.306. The van der Waals surface area contributed by atoms with Crippen LogP contribution in [0.4, 0.5) is 5.82 Å². The van der Waals surface area contributed by atoms with Crippen molar-refractivity contribution in [1.29, 1.82) is 0 Å².